The van der Waals surface area contributed by atoms with Gasteiger partial charge in [-0.05, 0) is 66.7 Å². The lowest BCUT2D eigenvalue weighted by Gasteiger charge is -2.19. The van der Waals surface area contributed by atoms with Crippen molar-refractivity contribution in [2.24, 2.45) is 0 Å². The molecule has 0 unspecified atom stereocenters. The summed E-state index contributed by atoms with van der Waals surface area (Å²) in [6.45, 7) is -1.10. The third-order valence-electron chi connectivity index (χ3n) is 4.60. The lowest BCUT2D eigenvalue weighted by molar-refractivity contribution is -0.149. The van der Waals surface area contributed by atoms with Gasteiger partial charge in [-0.2, -0.15) is 0 Å². The number of anilines is 2. The molecule has 8 nitrogen and oxygen atoms in total. The number of hydrogen-bond donors (Lipinski definition) is 1. The van der Waals surface area contributed by atoms with Crippen LogP contribution >= 0.6 is 11.6 Å². The van der Waals surface area contributed by atoms with Gasteiger partial charge in [0, 0.05) is 12.7 Å². The molecule has 3 aromatic rings. The molecule has 0 aliphatic carbocycles. The van der Waals surface area contributed by atoms with Crippen LogP contribution in [-0.2, 0) is 24.3 Å². The summed E-state index contributed by atoms with van der Waals surface area (Å²) in [4.78, 5) is 23.6. The Morgan fingerprint density at radius 2 is 1.63 bits per heavy atom. The maximum Gasteiger partial charge on any atom is 0.344 e. The van der Waals surface area contributed by atoms with Gasteiger partial charge in [-0.3, -0.25) is 9.10 Å². The number of amides is 1. The summed E-state index contributed by atoms with van der Waals surface area (Å²) in [5.41, 5.74) is 0.544. The predicted molar refractivity (Wildman–Crippen MR) is 125 cm³/mol. The third-order valence-corrected chi connectivity index (χ3v) is 6.69. The number of halogens is 3. The molecule has 35 heavy (non-hydrogen) atoms. The molecule has 3 aromatic carbocycles. The van der Waals surface area contributed by atoms with Gasteiger partial charge in [-0.15, -0.1) is 0 Å². The molecule has 3 rings (SSSR count). The molecule has 0 radical (unpaired) electrons. The number of benzene rings is 3. The zero-order chi connectivity index (χ0) is 25.6. The standard InChI is InChI=1S/C23H19ClF2N2O6S/c1-28(35(31,32)19-9-2-15(25)3-10-19)17-5-7-18(8-6-17)33-14-23(30)34-13-22(29)27-16-4-11-21(26)20(24)12-16/h2-12H,13-14H2,1H3,(H,27,29). The number of rotatable bonds is 9. The van der Waals surface area contributed by atoms with E-state index < -0.39 is 46.7 Å². The minimum atomic E-state index is -3.90. The second-order valence-electron chi connectivity index (χ2n) is 7.05. The third kappa shape index (κ3) is 6.90. The van der Waals surface area contributed by atoms with Gasteiger partial charge in [0.05, 0.1) is 15.6 Å². The molecule has 1 amide bonds. The Balaban J connectivity index is 1.48. The highest BCUT2D eigenvalue weighted by Crippen LogP contribution is 2.24. The number of nitrogens with zero attached hydrogens (tertiary/aromatic N) is 1. The van der Waals surface area contributed by atoms with Crippen molar-refractivity contribution in [2.75, 3.05) is 29.9 Å². The molecule has 0 bridgehead atoms. The maximum atomic E-state index is 13.1. The molecular formula is C23H19ClF2N2O6S. The van der Waals surface area contributed by atoms with E-state index in [1.807, 2.05) is 0 Å². The van der Waals surface area contributed by atoms with Crippen LogP contribution in [0.2, 0.25) is 5.02 Å². The molecule has 0 fully saturated rings. The largest absolute Gasteiger partial charge is 0.482 e. The number of ether oxygens (including phenoxy) is 2. The highest BCUT2D eigenvalue weighted by Gasteiger charge is 2.21. The van der Waals surface area contributed by atoms with Crippen molar-refractivity contribution in [3.05, 3.63) is 83.4 Å². The maximum absolute atomic E-state index is 13.1. The fourth-order valence-electron chi connectivity index (χ4n) is 2.76. The van der Waals surface area contributed by atoms with Crippen molar-refractivity contribution in [3.8, 4) is 5.75 Å². The fourth-order valence-corrected chi connectivity index (χ4v) is 4.13. The van der Waals surface area contributed by atoms with Gasteiger partial charge in [-0.1, -0.05) is 11.6 Å². The lowest BCUT2D eigenvalue weighted by Crippen LogP contribution is -2.26. The van der Waals surface area contributed by atoms with E-state index in [-0.39, 0.29) is 21.4 Å². The van der Waals surface area contributed by atoms with E-state index in [2.05, 4.69) is 5.32 Å². The Kier molecular flexibility index (Phi) is 8.26. The Labute approximate surface area is 205 Å². The van der Waals surface area contributed by atoms with E-state index in [1.54, 1.807) is 0 Å². The molecule has 0 aromatic heterocycles. The summed E-state index contributed by atoms with van der Waals surface area (Å²) in [6.07, 6.45) is 0. The second-order valence-corrected chi connectivity index (χ2v) is 9.42. The lowest BCUT2D eigenvalue weighted by atomic mass is 10.3. The first kappa shape index (κ1) is 25.9. The summed E-state index contributed by atoms with van der Waals surface area (Å²) in [5, 5.41) is 2.23. The monoisotopic (exact) mass is 524 g/mol. The Morgan fingerprint density at radius 1 is 0.971 bits per heavy atom. The topological polar surface area (TPSA) is 102 Å². The average Bonchev–Trinajstić information content (AvgIpc) is 2.84. The van der Waals surface area contributed by atoms with Crippen LogP contribution in [0.3, 0.4) is 0 Å². The normalized spacial score (nSPS) is 11.0. The van der Waals surface area contributed by atoms with Crippen molar-refractivity contribution >= 4 is 44.9 Å². The SMILES string of the molecule is CN(c1ccc(OCC(=O)OCC(=O)Nc2ccc(F)c(Cl)c2)cc1)S(=O)(=O)c1ccc(F)cc1. The number of carbonyl (C=O) groups excluding carboxylic acids is 2. The first-order valence-electron chi connectivity index (χ1n) is 9.94. The van der Waals surface area contributed by atoms with E-state index in [0.29, 0.717) is 5.69 Å². The molecule has 0 atom stereocenters. The van der Waals surface area contributed by atoms with E-state index in [1.165, 1.54) is 55.6 Å². The second kappa shape index (κ2) is 11.2. The quantitative estimate of drug-likeness (QED) is 0.424. The number of hydrogen-bond acceptors (Lipinski definition) is 6. The summed E-state index contributed by atoms with van der Waals surface area (Å²) < 4.78 is 62.7. The first-order valence-corrected chi connectivity index (χ1v) is 11.8. The van der Waals surface area contributed by atoms with Crippen LogP contribution in [0.25, 0.3) is 0 Å². The molecule has 0 heterocycles. The Bertz CT molecular complexity index is 1320. The van der Waals surface area contributed by atoms with Gasteiger partial charge in [0.1, 0.15) is 17.4 Å². The molecular weight excluding hydrogens is 506 g/mol. The van der Waals surface area contributed by atoms with Crippen molar-refractivity contribution < 1.29 is 36.3 Å². The summed E-state index contributed by atoms with van der Waals surface area (Å²) in [5.74, 6) is -2.41. The summed E-state index contributed by atoms with van der Waals surface area (Å²) in [6, 6.07) is 13.9. The van der Waals surface area contributed by atoms with E-state index >= 15 is 0 Å². The van der Waals surface area contributed by atoms with Gasteiger partial charge in [0.15, 0.2) is 13.2 Å². The fraction of sp³-hybridized carbons (Fsp3) is 0.130. The Hall–Kier alpha value is -3.70. The first-order chi connectivity index (χ1) is 16.6. The van der Waals surface area contributed by atoms with Crippen molar-refractivity contribution in [2.45, 2.75) is 4.90 Å². The van der Waals surface area contributed by atoms with E-state index in [9.17, 15) is 26.8 Å². The number of nitrogens with one attached hydrogen (secondary N) is 1. The molecule has 0 saturated heterocycles. The van der Waals surface area contributed by atoms with Crippen molar-refractivity contribution in [1.82, 2.24) is 0 Å². The number of carbonyl (C=O) groups is 2. The van der Waals surface area contributed by atoms with Crippen LogP contribution in [0.15, 0.2) is 71.6 Å². The van der Waals surface area contributed by atoms with Crippen molar-refractivity contribution in [1.29, 1.82) is 0 Å². The van der Waals surface area contributed by atoms with Crippen LogP contribution in [0.1, 0.15) is 0 Å². The summed E-state index contributed by atoms with van der Waals surface area (Å²) in [7, 11) is -2.56. The molecule has 0 aliphatic rings. The molecule has 12 heteroatoms. The minimum Gasteiger partial charge on any atom is -0.482 e. The van der Waals surface area contributed by atoms with Crippen molar-refractivity contribution in [3.63, 3.8) is 0 Å². The summed E-state index contributed by atoms with van der Waals surface area (Å²) >= 11 is 5.63. The zero-order valence-electron chi connectivity index (χ0n) is 18.2. The zero-order valence-corrected chi connectivity index (χ0v) is 19.8. The number of sulfonamides is 1. The predicted octanol–water partition coefficient (Wildman–Crippen LogP) is 4.00. The molecule has 0 saturated carbocycles. The van der Waals surface area contributed by atoms with E-state index in [4.69, 9.17) is 21.1 Å². The minimum absolute atomic E-state index is 0.0731. The van der Waals surface area contributed by atoms with Crippen LogP contribution in [0.4, 0.5) is 20.2 Å². The molecule has 1 N–H and O–H groups in total. The average molecular weight is 525 g/mol. The van der Waals surface area contributed by atoms with Gasteiger partial charge < -0.3 is 14.8 Å². The van der Waals surface area contributed by atoms with Crippen LogP contribution in [0, 0.1) is 11.6 Å². The molecule has 0 aliphatic heterocycles. The molecule has 184 valence electrons. The highest BCUT2D eigenvalue weighted by atomic mass is 35.5. The van der Waals surface area contributed by atoms with Gasteiger partial charge in [-0.25, -0.2) is 22.0 Å². The Morgan fingerprint density at radius 3 is 2.26 bits per heavy atom. The highest BCUT2D eigenvalue weighted by molar-refractivity contribution is 7.92. The van der Waals surface area contributed by atoms with Crippen LogP contribution in [-0.4, -0.2) is 40.6 Å². The van der Waals surface area contributed by atoms with E-state index in [0.717, 1.165) is 22.5 Å². The smallest absolute Gasteiger partial charge is 0.344 e. The van der Waals surface area contributed by atoms with Gasteiger partial charge in [0.2, 0.25) is 0 Å². The van der Waals surface area contributed by atoms with Gasteiger partial charge in [0.25, 0.3) is 15.9 Å². The molecule has 0 spiro atoms. The van der Waals surface area contributed by atoms with Gasteiger partial charge >= 0.3 is 5.97 Å². The van der Waals surface area contributed by atoms with Crippen LogP contribution in [0.5, 0.6) is 5.75 Å². The van der Waals surface area contributed by atoms with Crippen LogP contribution < -0.4 is 14.4 Å². The number of esters is 1.